The molecule has 114 valence electrons. The lowest BCUT2D eigenvalue weighted by Gasteiger charge is -2.38. The van der Waals surface area contributed by atoms with E-state index in [1.165, 1.54) is 0 Å². The fourth-order valence-corrected chi connectivity index (χ4v) is 3.05. The molecule has 0 aliphatic carbocycles. The molecule has 0 N–H and O–H groups in total. The van der Waals surface area contributed by atoms with Crippen LogP contribution in [0.2, 0.25) is 0 Å². The Morgan fingerprint density at radius 1 is 1.09 bits per heavy atom. The third-order valence-corrected chi connectivity index (χ3v) is 4.62. The number of fused-ring (bicyclic) bond motifs is 3. The van der Waals surface area contributed by atoms with Crippen molar-refractivity contribution in [1.82, 2.24) is 9.88 Å². The lowest BCUT2D eigenvalue weighted by molar-refractivity contribution is 0.253. The molecule has 0 bridgehead atoms. The first kappa shape index (κ1) is 13.2. The van der Waals surface area contributed by atoms with E-state index in [4.69, 9.17) is 8.83 Å². The van der Waals surface area contributed by atoms with Crippen molar-refractivity contribution in [3.8, 4) is 0 Å². The maximum Gasteiger partial charge on any atom is 0.319 e. The zero-order chi connectivity index (χ0) is 15.6. The van der Waals surface area contributed by atoms with Crippen molar-refractivity contribution in [3.05, 3.63) is 36.0 Å². The Balaban J connectivity index is 2.03. The first-order chi connectivity index (χ1) is 10.4. The van der Waals surface area contributed by atoms with Crippen molar-refractivity contribution in [3.63, 3.8) is 0 Å². The molecule has 0 fully saturated rings. The van der Waals surface area contributed by atoms with Gasteiger partial charge >= 0.3 is 5.78 Å². The lowest BCUT2D eigenvalue weighted by Crippen LogP contribution is -2.46. The molecule has 4 rings (SSSR count). The summed E-state index contributed by atoms with van der Waals surface area (Å²) in [5, 5.41) is 0.992. The molecule has 0 unspecified atom stereocenters. The molecule has 0 saturated carbocycles. The Morgan fingerprint density at radius 3 is 2.55 bits per heavy atom. The minimum absolute atomic E-state index is 0.156. The van der Waals surface area contributed by atoms with Crippen LogP contribution in [-0.4, -0.2) is 22.6 Å². The largest absolute Gasteiger partial charge is 0.421 e. The molecular formula is C17H19N3O2. The fraction of sp³-hybridized carbons (Fsp3) is 0.353. The molecule has 1 aromatic carbocycles. The Bertz CT molecular complexity index is 917. The first-order valence-corrected chi connectivity index (χ1v) is 7.39. The maximum atomic E-state index is 6.00. The molecule has 0 radical (unpaired) electrons. The molecule has 0 saturated heterocycles. The molecule has 0 spiro atoms. The molecule has 1 aliphatic rings. The number of nitrogens with zero attached hydrogens (tertiary/aromatic N) is 3. The van der Waals surface area contributed by atoms with Crippen molar-refractivity contribution in [2.24, 2.45) is 0 Å². The summed E-state index contributed by atoms with van der Waals surface area (Å²) in [5.41, 5.74) is 3.69. The van der Waals surface area contributed by atoms with Gasteiger partial charge in [-0.15, -0.1) is 0 Å². The Morgan fingerprint density at radius 2 is 1.86 bits per heavy atom. The Hall–Kier alpha value is -2.43. The summed E-state index contributed by atoms with van der Waals surface area (Å²) >= 11 is 0. The van der Waals surface area contributed by atoms with E-state index in [2.05, 4.69) is 67.1 Å². The Kier molecular flexibility index (Phi) is 2.45. The topological polar surface area (TPSA) is 45.7 Å². The molecule has 5 heteroatoms. The van der Waals surface area contributed by atoms with E-state index in [1.54, 1.807) is 0 Å². The first-order valence-electron chi connectivity index (χ1n) is 7.39. The zero-order valence-corrected chi connectivity index (χ0v) is 13.5. The Labute approximate surface area is 128 Å². The van der Waals surface area contributed by atoms with Gasteiger partial charge in [0, 0.05) is 26.4 Å². The highest BCUT2D eigenvalue weighted by molar-refractivity contribution is 6.06. The van der Waals surface area contributed by atoms with Crippen molar-refractivity contribution >= 4 is 28.0 Å². The van der Waals surface area contributed by atoms with E-state index in [0.29, 0.717) is 11.7 Å². The summed E-state index contributed by atoms with van der Waals surface area (Å²) < 4.78 is 11.6. The van der Waals surface area contributed by atoms with Crippen molar-refractivity contribution in [2.45, 2.75) is 33.4 Å². The van der Waals surface area contributed by atoms with E-state index in [9.17, 15) is 0 Å². The van der Waals surface area contributed by atoms with E-state index < -0.39 is 0 Å². The number of rotatable bonds is 1. The number of aromatic nitrogens is 1. The maximum absolute atomic E-state index is 6.00. The zero-order valence-electron chi connectivity index (χ0n) is 13.5. The van der Waals surface area contributed by atoms with Gasteiger partial charge in [-0.1, -0.05) is 6.07 Å². The second-order valence-corrected chi connectivity index (χ2v) is 6.35. The smallest absolute Gasteiger partial charge is 0.319 e. The SMILES string of the molecule is Cc1nc2c(o1)oc1c(N3C=CN(C)C3(C)C)c(C)ccc12. The van der Waals surface area contributed by atoms with Crippen molar-refractivity contribution in [1.29, 1.82) is 0 Å². The number of aryl methyl sites for hydroxylation is 2. The van der Waals surface area contributed by atoms with Crippen LogP contribution in [0.4, 0.5) is 5.69 Å². The summed E-state index contributed by atoms with van der Waals surface area (Å²) in [4.78, 5) is 8.86. The second kappa shape index (κ2) is 4.06. The van der Waals surface area contributed by atoms with Crippen LogP contribution in [0, 0.1) is 13.8 Å². The third kappa shape index (κ3) is 1.56. The fourth-order valence-electron chi connectivity index (χ4n) is 3.05. The minimum Gasteiger partial charge on any atom is -0.421 e. The summed E-state index contributed by atoms with van der Waals surface area (Å²) in [5.74, 6) is 1.12. The second-order valence-electron chi connectivity index (χ2n) is 6.35. The highest BCUT2D eigenvalue weighted by Gasteiger charge is 2.35. The van der Waals surface area contributed by atoms with E-state index in [1.807, 2.05) is 6.92 Å². The molecule has 2 aromatic heterocycles. The summed E-state index contributed by atoms with van der Waals surface area (Å²) in [6.07, 6.45) is 4.17. The van der Waals surface area contributed by atoms with Crippen molar-refractivity contribution < 1.29 is 8.83 Å². The number of oxazole rings is 1. The van der Waals surface area contributed by atoms with Crippen LogP contribution in [0.1, 0.15) is 25.3 Å². The van der Waals surface area contributed by atoms with Gasteiger partial charge in [-0.25, -0.2) is 4.98 Å². The molecule has 5 nitrogen and oxygen atoms in total. The average Bonchev–Trinajstić information content (AvgIpc) is 3.03. The predicted octanol–water partition coefficient (Wildman–Crippen LogP) is 4.15. The normalized spacial score (nSPS) is 17.3. The molecular weight excluding hydrogens is 278 g/mol. The van der Waals surface area contributed by atoms with Crippen molar-refractivity contribution in [2.75, 3.05) is 11.9 Å². The van der Waals surface area contributed by atoms with Crippen LogP contribution in [0.3, 0.4) is 0 Å². The van der Waals surface area contributed by atoms with E-state index in [-0.39, 0.29) is 5.66 Å². The van der Waals surface area contributed by atoms with Crippen LogP contribution in [0.25, 0.3) is 22.3 Å². The number of hydrogen-bond acceptors (Lipinski definition) is 5. The average molecular weight is 297 g/mol. The van der Waals surface area contributed by atoms with Gasteiger partial charge in [0.1, 0.15) is 5.66 Å². The molecule has 3 heterocycles. The van der Waals surface area contributed by atoms with Gasteiger partial charge in [0.15, 0.2) is 17.0 Å². The van der Waals surface area contributed by atoms with Crippen LogP contribution in [0.15, 0.2) is 33.4 Å². The van der Waals surface area contributed by atoms with Crippen LogP contribution in [-0.2, 0) is 0 Å². The molecule has 1 aliphatic heterocycles. The quantitative estimate of drug-likeness (QED) is 0.675. The van der Waals surface area contributed by atoms with Gasteiger partial charge in [0.25, 0.3) is 0 Å². The highest BCUT2D eigenvalue weighted by atomic mass is 16.5. The van der Waals surface area contributed by atoms with Gasteiger partial charge in [-0.05, 0) is 32.4 Å². The summed E-state index contributed by atoms with van der Waals surface area (Å²) in [7, 11) is 2.07. The minimum atomic E-state index is -0.156. The van der Waals surface area contributed by atoms with Gasteiger partial charge in [0.2, 0.25) is 0 Å². The summed E-state index contributed by atoms with van der Waals surface area (Å²) in [6, 6.07) is 4.16. The monoisotopic (exact) mass is 297 g/mol. The number of benzene rings is 1. The van der Waals surface area contributed by atoms with Crippen LogP contribution < -0.4 is 4.90 Å². The third-order valence-electron chi connectivity index (χ3n) is 4.62. The van der Waals surface area contributed by atoms with E-state index >= 15 is 0 Å². The van der Waals surface area contributed by atoms with Gasteiger partial charge in [0.05, 0.1) is 11.1 Å². The predicted molar refractivity (Wildman–Crippen MR) is 86.7 cm³/mol. The highest BCUT2D eigenvalue weighted by Crippen LogP contribution is 2.41. The van der Waals surface area contributed by atoms with Gasteiger partial charge in [-0.2, -0.15) is 0 Å². The standard InChI is InChI=1S/C17H19N3O2/c1-10-6-7-12-13-16(21-11(2)18-13)22-15(12)14(10)20-9-8-19(5)17(20,3)4/h6-9H,1-5H3. The molecule has 0 amide bonds. The molecule has 3 aromatic rings. The molecule has 22 heavy (non-hydrogen) atoms. The van der Waals surface area contributed by atoms with Crippen LogP contribution >= 0.6 is 0 Å². The van der Waals surface area contributed by atoms with Gasteiger partial charge < -0.3 is 18.6 Å². The number of furan rings is 1. The van der Waals surface area contributed by atoms with E-state index in [0.717, 1.165) is 27.7 Å². The summed E-state index contributed by atoms with van der Waals surface area (Å²) in [6.45, 7) is 8.29. The van der Waals surface area contributed by atoms with Gasteiger partial charge in [-0.3, -0.25) is 0 Å². The van der Waals surface area contributed by atoms with Crippen LogP contribution in [0.5, 0.6) is 0 Å². The molecule has 0 atom stereocenters. The number of hydrogen-bond donors (Lipinski definition) is 0. The lowest BCUT2D eigenvalue weighted by atomic mass is 10.1. The number of anilines is 1.